The van der Waals surface area contributed by atoms with Crippen molar-refractivity contribution in [2.45, 2.75) is 123 Å². The number of hydrogen-bond acceptors (Lipinski definition) is 7. The maximum absolute atomic E-state index is 14.5. The summed E-state index contributed by atoms with van der Waals surface area (Å²) in [4.78, 5) is 72.4. The standard InChI is InChI=1S/C43H53ClFN3O7/c1-27-12-10-16-34(44)32(27)18-19-46-40(52)43-22-30(43)15-9-7-5-6-8-13-28(20-38(50)55-42(2,3)4)39(51)48-25-31(21-36(48)37(49)23-43)54-41(53)47-24-29-14-11-17-35(45)33(29)26-47/h9-12,14-17,28,30-31,36H,5-8,13,18-26H2,1-4H3,(H,46,52)/b15-9-/t28?,30?,31?,36-,43?/m0/s1. The van der Waals surface area contributed by atoms with Gasteiger partial charge in [-0.3, -0.25) is 24.1 Å². The van der Waals surface area contributed by atoms with Crippen LogP contribution in [0.4, 0.5) is 9.18 Å². The van der Waals surface area contributed by atoms with Crippen LogP contribution in [0.15, 0.2) is 48.6 Å². The third kappa shape index (κ3) is 9.59. The first kappa shape index (κ1) is 40.4. The number of rotatable bonds is 7. The van der Waals surface area contributed by atoms with Crippen LogP contribution >= 0.6 is 11.6 Å². The second-order valence-corrected chi connectivity index (χ2v) is 17.1. The first-order chi connectivity index (χ1) is 26.1. The van der Waals surface area contributed by atoms with Crippen LogP contribution in [0.25, 0.3) is 0 Å². The quantitative estimate of drug-likeness (QED) is 0.230. The molecule has 1 saturated carbocycles. The highest BCUT2D eigenvalue weighted by atomic mass is 35.5. The lowest BCUT2D eigenvalue weighted by molar-refractivity contribution is -0.159. The second-order valence-electron chi connectivity index (χ2n) is 16.7. The van der Waals surface area contributed by atoms with E-state index < -0.39 is 47.0 Å². The lowest BCUT2D eigenvalue weighted by Gasteiger charge is -2.29. The van der Waals surface area contributed by atoms with E-state index in [2.05, 4.69) is 17.5 Å². The third-order valence-electron chi connectivity index (χ3n) is 11.4. The van der Waals surface area contributed by atoms with E-state index in [1.54, 1.807) is 32.9 Å². The number of fused-ring (bicyclic) bond motifs is 3. The van der Waals surface area contributed by atoms with Crippen molar-refractivity contribution < 1.29 is 37.8 Å². The predicted molar refractivity (Wildman–Crippen MR) is 205 cm³/mol. The Bertz CT molecular complexity index is 1820. The fourth-order valence-corrected chi connectivity index (χ4v) is 8.72. The molecule has 3 aliphatic heterocycles. The molecule has 55 heavy (non-hydrogen) atoms. The molecule has 296 valence electrons. The number of nitrogens with zero attached hydrogens (tertiary/aromatic N) is 2. The van der Waals surface area contributed by atoms with Crippen molar-refractivity contribution in [2.75, 3.05) is 13.1 Å². The first-order valence-corrected chi connectivity index (χ1v) is 20.0. The fraction of sp³-hybridized carbons (Fsp3) is 0.558. The molecule has 6 rings (SSSR count). The molecule has 0 aromatic heterocycles. The largest absolute Gasteiger partial charge is 0.460 e. The molecule has 0 bridgehead atoms. The summed E-state index contributed by atoms with van der Waals surface area (Å²) in [6.07, 6.45) is 7.14. The zero-order chi connectivity index (χ0) is 39.5. The van der Waals surface area contributed by atoms with E-state index in [1.165, 1.54) is 15.9 Å². The molecule has 0 spiro atoms. The number of ether oxygens (including phenoxy) is 2. The minimum absolute atomic E-state index is 0.0410. The van der Waals surface area contributed by atoms with E-state index >= 15 is 0 Å². The Kier molecular flexibility index (Phi) is 12.4. The van der Waals surface area contributed by atoms with Gasteiger partial charge in [-0.2, -0.15) is 0 Å². The number of carbonyl (C=O) groups excluding carboxylic acids is 5. The highest BCUT2D eigenvalue weighted by Gasteiger charge is 2.60. The molecule has 4 aliphatic rings. The molecule has 10 nitrogen and oxygen atoms in total. The van der Waals surface area contributed by atoms with Crippen molar-refractivity contribution in [1.29, 1.82) is 0 Å². The summed E-state index contributed by atoms with van der Waals surface area (Å²) in [5.41, 5.74) is 1.41. The van der Waals surface area contributed by atoms with E-state index in [0.717, 1.165) is 30.4 Å². The van der Waals surface area contributed by atoms with Gasteiger partial charge in [-0.25, -0.2) is 9.18 Å². The molecule has 1 N–H and O–H groups in total. The van der Waals surface area contributed by atoms with E-state index in [4.69, 9.17) is 21.1 Å². The summed E-state index contributed by atoms with van der Waals surface area (Å²) in [7, 11) is 0. The number of esters is 1. The molecule has 2 fully saturated rings. The van der Waals surface area contributed by atoms with Crippen molar-refractivity contribution >= 4 is 41.3 Å². The van der Waals surface area contributed by atoms with Crippen LogP contribution in [0.5, 0.6) is 0 Å². The van der Waals surface area contributed by atoms with Gasteiger partial charge < -0.3 is 19.7 Å². The molecule has 5 atom stereocenters. The fourth-order valence-electron chi connectivity index (χ4n) is 8.40. The van der Waals surface area contributed by atoms with Crippen LogP contribution in [0, 0.1) is 30.0 Å². The highest BCUT2D eigenvalue weighted by Crippen LogP contribution is 2.57. The minimum Gasteiger partial charge on any atom is -0.460 e. The summed E-state index contributed by atoms with van der Waals surface area (Å²) in [6.45, 7) is 7.83. The number of benzene rings is 2. The number of amides is 3. The number of halogens is 2. The Labute approximate surface area is 328 Å². The summed E-state index contributed by atoms with van der Waals surface area (Å²) in [6, 6.07) is 9.44. The summed E-state index contributed by atoms with van der Waals surface area (Å²) >= 11 is 6.45. The van der Waals surface area contributed by atoms with Crippen LogP contribution in [0.2, 0.25) is 5.02 Å². The van der Waals surface area contributed by atoms with Crippen LogP contribution in [0.1, 0.15) is 101 Å². The number of ketones is 1. The Hall–Kier alpha value is -4.25. The van der Waals surface area contributed by atoms with Crippen LogP contribution < -0.4 is 5.32 Å². The molecule has 2 aromatic rings. The lowest BCUT2D eigenvalue weighted by atomic mass is 9.90. The molecule has 12 heteroatoms. The van der Waals surface area contributed by atoms with Crippen molar-refractivity contribution in [3.05, 3.63) is 81.6 Å². The average Bonchev–Trinajstić information content (AvgIpc) is 3.41. The van der Waals surface area contributed by atoms with E-state index in [1.807, 2.05) is 25.1 Å². The Balaban J connectivity index is 1.22. The Morgan fingerprint density at radius 2 is 1.84 bits per heavy atom. The number of Topliss-reactive ketones (excluding diaryl/α,β-unsaturated/α-hetero) is 1. The summed E-state index contributed by atoms with van der Waals surface area (Å²) < 4.78 is 26.0. The molecule has 1 saturated heterocycles. The van der Waals surface area contributed by atoms with Gasteiger partial charge in [0.1, 0.15) is 17.5 Å². The van der Waals surface area contributed by atoms with Crippen molar-refractivity contribution in [3.8, 4) is 0 Å². The number of carbonyl (C=O) groups is 5. The van der Waals surface area contributed by atoms with Gasteiger partial charge in [0.2, 0.25) is 11.8 Å². The van der Waals surface area contributed by atoms with Gasteiger partial charge >= 0.3 is 12.1 Å². The predicted octanol–water partition coefficient (Wildman–Crippen LogP) is 7.40. The summed E-state index contributed by atoms with van der Waals surface area (Å²) in [5.74, 6) is -2.64. The molecule has 3 heterocycles. The minimum atomic E-state index is -0.978. The average molecular weight is 778 g/mol. The van der Waals surface area contributed by atoms with Crippen LogP contribution in [-0.4, -0.2) is 70.3 Å². The number of aryl methyl sites for hydroxylation is 1. The van der Waals surface area contributed by atoms with Gasteiger partial charge in [0.15, 0.2) is 5.78 Å². The van der Waals surface area contributed by atoms with Gasteiger partial charge in [-0.15, -0.1) is 0 Å². The molecular weight excluding hydrogens is 725 g/mol. The maximum Gasteiger partial charge on any atom is 0.410 e. The van der Waals surface area contributed by atoms with Crippen molar-refractivity contribution in [3.63, 3.8) is 0 Å². The van der Waals surface area contributed by atoms with E-state index in [9.17, 15) is 28.4 Å². The maximum atomic E-state index is 14.5. The molecule has 0 radical (unpaired) electrons. The van der Waals surface area contributed by atoms with E-state index in [-0.39, 0.29) is 62.4 Å². The lowest BCUT2D eigenvalue weighted by Crippen LogP contribution is -2.46. The Morgan fingerprint density at radius 3 is 2.58 bits per heavy atom. The van der Waals surface area contributed by atoms with Gasteiger partial charge in [0, 0.05) is 42.4 Å². The zero-order valence-corrected chi connectivity index (χ0v) is 33.1. The monoisotopic (exact) mass is 777 g/mol. The number of nitrogens with one attached hydrogen (secondary N) is 1. The van der Waals surface area contributed by atoms with Gasteiger partial charge in [0.05, 0.1) is 31.0 Å². The smallest absolute Gasteiger partial charge is 0.410 e. The zero-order valence-electron chi connectivity index (χ0n) is 32.3. The molecule has 4 unspecified atom stereocenters. The molecule has 2 aromatic carbocycles. The summed E-state index contributed by atoms with van der Waals surface area (Å²) in [5, 5.41) is 3.71. The van der Waals surface area contributed by atoms with Gasteiger partial charge in [-0.05, 0) is 94.5 Å². The van der Waals surface area contributed by atoms with E-state index in [0.29, 0.717) is 48.4 Å². The highest BCUT2D eigenvalue weighted by molar-refractivity contribution is 6.31. The van der Waals surface area contributed by atoms with Gasteiger partial charge in [0.25, 0.3) is 0 Å². The normalized spacial score (nSPS) is 26.2. The third-order valence-corrected chi connectivity index (χ3v) is 11.8. The number of hydrogen-bond donors (Lipinski definition) is 1. The van der Waals surface area contributed by atoms with Crippen LogP contribution in [-0.2, 0) is 48.2 Å². The van der Waals surface area contributed by atoms with Gasteiger partial charge in [-0.1, -0.05) is 60.9 Å². The van der Waals surface area contributed by atoms with Crippen molar-refractivity contribution in [2.24, 2.45) is 17.3 Å². The topological polar surface area (TPSA) is 122 Å². The Morgan fingerprint density at radius 1 is 1.05 bits per heavy atom. The molecule has 1 aliphatic carbocycles. The molecular formula is C43H53ClFN3O7. The SMILES string of the molecule is Cc1cccc(Cl)c1CCNC(=O)C12CC(=O)[C@@H]3CC(OC(=O)N4Cc5cccc(F)c5C4)CN3C(=O)C(CC(=O)OC(C)(C)C)CCCCC/C=C\C1C2. The first-order valence-electron chi connectivity index (χ1n) is 19.6. The van der Waals surface area contributed by atoms with Crippen molar-refractivity contribution in [1.82, 2.24) is 15.1 Å². The van der Waals surface area contributed by atoms with Crippen LogP contribution in [0.3, 0.4) is 0 Å². The number of allylic oxidation sites excluding steroid dienone is 2. The molecule has 3 amide bonds. The second kappa shape index (κ2) is 16.9.